The van der Waals surface area contributed by atoms with E-state index in [1.807, 2.05) is 0 Å². The Morgan fingerprint density at radius 2 is 1.96 bits per heavy atom. The van der Waals surface area contributed by atoms with Crippen molar-refractivity contribution in [2.24, 2.45) is 5.92 Å². The lowest BCUT2D eigenvalue weighted by Crippen LogP contribution is -2.48. The first kappa shape index (κ1) is 17.9. The van der Waals surface area contributed by atoms with Crippen LogP contribution in [0.25, 0.3) is 0 Å². The highest BCUT2D eigenvalue weighted by Crippen LogP contribution is 2.47. The molecule has 0 bridgehead atoms. The van der Waals surface area contributed by atoms with Crippen molar-refractivity contribution < 1.29 is 18.7 Å². The molecule has 3 rings (SSSR count). The fourth-order valence-electron chi connectivity index (χ4n) is 3.96. The number of likely N-dealkylation sites (N-methyl/N-ethyl adjacent to an activating group) is 1. The molecule has 1 N–H and O–H groups in total. The number of amides is 2. The third-order valence-electron chi connectivity index (χ3n) is 5.65. The first-order valence-corrected chi connectivity index (χ1v) is 8.73. The van der Waals surface area contributed by atoms with Crippen LogP contribution >= 0.6 is 0 Å². The average Bonchev–Trinajstić information content (AvgIpc) is 3.22. The molecule has 25 heavy (non-hydrogen) atoms. The van der Waals surface area contributed by atoms with Crippen molar-refractivity contribution in [1.29, 1.82) is 0 Å². The van der Waals surface area contributed by atoms with Crippen LogP contribution in [0, 0.1) is 11.7 Å². The van der Waals surface area contributed by atoms with E-state index in [9.17, 15) is 14.0 Å². The van der Waals surface area contributed by atoms with Gasteiger partial charge in [-0.25, -0.2) is 4.39 Å². The second-order valence-electron chi connectivity index (χ2n) is 7.13. The summed E-state index contributed by atoms with van der Waals surface area (Å²) in [6, 6.07) is 6.49. The summed E-state index contributed by atoms with van der Waals surface area (Å²) in [7, 11) is 3.31. The molecule has 1 aromatic rings. The largest absolute Gasteiger partial charge is 0.378 e. The molecule has 136 valence electrons. The van der Waals surface area contributed by atoms with Gasteiger partial charge in [0.15, 0.2) is 0 Å². The van der Waals surface area contributed by atoms with E-state index in [0.717, 1.165) is 19.3 Å². The Hall–Kier alpha value is -1.95. The minimum Gasteiger partial charge on any atom is -0.378 e. The molecule has 1 aromatic carbocycles. The van der Waals surface area contributed by atoms with Gasteiger partial charge in [0.25, 0.3) is 0 Å². The Kier molecular flexibility index (Phi) is 4.82. The minimum absolute atomic E-state index is 0.0434. The van der Waals surface area contributed by atoms with Crippen LogP contribution < -0.4 is 5.32 Å². The number of benzene rings is 1. The van der Waals surface area contributed by atoms with Gasteiger partial charge in [-0.1, -0.05) is 18.2 Å². The van der Waals surface area contributed by atoms with Gasteiger partial charge >= 0.3 is 0 Å². The molecular weight excluding hydrogens is 323 g/mol. The number of nitrogens with zero attached hydrogens (tertiary/aromatic N) is 1. The van der Waals surface area contributed by atoms with E-state index >= 15 is 0 Å². The van der Waals surface area contributed by atoms with Crippen molar-refractivity contribution in [3.8, 4) is 0 Å². The fourth-order valence-corrected chi connectivity index (χ4v) is 3.96. The predicted molar refractivity (Wildman–Crippen MR) is 91.2 cm³/mol. The summed E-state index contributed by atoms with van der Waals surface area (Å²) in [4.78, 5) is 26.2. The quantitative estimate of drug-likeness (QED) is 0.887. The van der Waals surface area contributed by atoms with Gasteiger partial charge in [-0.15, -0.1) is 0 Å². The SMILES string of the molecule is CO[C@@H]1[C@H](N(C)C(C)=O)CC[C@H]1C(=O)NC1(c2ccccc2F)CC1. The maximum absolute atomic E-state index is 14.1. The van der Waals surface area contributed by atoms with Gasteiger partial charge in [0.1, 0.15) is 5.82 Å². The molecule has 5 nitrogen and oxygen atoms in total. The zero-order chi connectivity index (χ0) is 18.2. The maximum atomic E-state index is 14.1. The maximum Gasteiger partial charge on any atom is 0.226 e. The summed E-state index contributed by atoms with van der Waals surface area (Å²) in [6.45, 7) is 1.51. The molecule has 2 saturated carbocycles. The van der Waals surface area contributed by atoms with E-state index < -0.39 is 5.54 Å². The molecule has 0 unspecified atom stereocenters. The summed E-state index contributed by atoms with van der Waals surface area (Å²) in [6.07, 6.45) is 2.51. The highest BCUT2D eigenvalue weighted by molar-refractivity contribution is 5.81. The molecule has 0 aliphatic heterocycles. The molecule has 0 saturated heterocycles. The van der Waals surface area contributed by atoms with Crippen LogP contribution in [-0.4, -0.2) is 43.0 Å². The second-order valence-corrected chi connectivity index (χ2v) is 7.13. The van der Waals surface area contributed by atoms with Crippen molar-refractivity contribution in [2.75, 3.05) is 14.2 Å². The lowest BCUT2D eigenvalue weighted by molar-refractivity contribution is -0.136. The Morgan fingerprint density at radius 3 is 2.52 bits per heavy atom. The van der Waals surface area contributed by atoms with E-state index in [-0.39, 0.29) is 35.7 Å². The Balaban J connectivity index is 1.73. The van der Waals surface area contributed by atoms with Crippen molar-refractivity contribution in [3.05, 3.63) is 35.6 Å². The molecule has 0 aromatic heterocycles. The van der Waals surface area contributed by atoms with Crippen LogP contribution in [0.3, 0.4) is 0 Å². The summed E-state index contributed by atoms with van der Waals surface area (Å²) < 4.78 is 19.7. The molecule has 2 aliphatic carbocycles. The molecule has 2 fully saturated rings. The number of hydrogen-bond acceptors (Lipinski definition) is 3. The summed E-state index contributed by atoms with van der Waals surface area (Å²) >= 11 is 0. The average molecular weight is 348 g/mol. The molecular formula is C19H25FN2O3. The number of rotatable bonds is 5. The molecule has 0 heterocycles. The smallest absolute Gasteiger partial charge is 0.226 e. The molecule has 3 atom stereocenters. The van der Waals surface area contributed by atoms with Crippen LogP contribution in [0.2, 0.25) is 0 Å². The van der Waals surface area contributed by atoms with Gasteiger partial charge in [0.05, 0.1) is 23.6 Å². The molecule has 0 spiro atoms. The van der Waals surface area contributed by atoms with Crippen LogP contribution in [-0.2, 0) is 19.9 Å². The van der Waals surface area contributed by atoms with Crippen molar-refractivity contribution >= 4 is 11.8 Å². The third kappa shape index (κ3) is 3.27. The zero-order valence-corrected chi connectivity index (χ0v) is 14.9. The van der Waals surface area contributed by atoms with Crippen LogP contribution in [0.5, 0.6) is 0 Å². The minimum atomic E-state index is -0.592. The highest BCUT2D eigenvalue weighted by Gasteiger charge is 2.50. The van der Waals surface area contributed by atoms with E-state index in [4.69, 9.17) is 4.74 Å². The molecule has 6 heteroatoms. The predicted octanol–water partition coefficient (Wildman–Crippen LogP) is 2.20. The Labute approximate surface area is 147 Å². The molecule has 0 radical (unpaired) electrons. The number of methoxy groups -OCH3 is 1. The normalized spacial score (nSPS) is 27.0. The number of ether oxygens (including phenoxy) is 1. The van der Waals surface area contributed by atoms with Gasteiger partial charge in [0, 0.05) is 26.6 Å². The topological polar surface area (TPSA) is 58.6 Å². The van der Waals surface area contributed by atoms with E-state index in [1.54, 1.807) is 37.3 Å². The Bertz CT molecular complexity index is 674. The monoisotopic (exact) mass is 348 g/mol. The van der Waals surface area contributed by atoms with Gasteiger partial charge in [-0.2, -0.15) is 0 Å². The van der Waals surface area contributed by atoms with Gasteiger partial charge in [-0.3, -0.25) is 9.59 Å². The van der Waals surface area contributed by atoms with Gasteiger partial charge in [0.2, 0.25) is 11.8 Å². The third-order valence-corrected chi connectivity index (χ3v) is 5.65. The highest BCUT2D eigenvalue weighted by atomic mass is 19.1. The van der Waals surface area contributed by atoms with E-state index in [2.05, 4.69) is 5.32 Å². The fraction of sp³-hybridized carbons (Fsp3) is 0.579. The second kappa shape index (κ2) is 6.75. The van der Waals surface area contributed by atoms with Crippen LogP contribution in [0.4, 0.5) is 4.39 Å². The van der Waals surface area contributed by atoms with Crippen LogP contribution in [0.15, 0.2) is 24.3 Å². The standard InChI is InChI=1S/C19H25FN2O3/c1-12(23)22(2)16-9-8-13(17(16)25-3)18(24)21-19(10-11-19)14-6-4-5-7-15(14)20/h4-7,13,16-17H,8-11H2,1-3H3,(H,21,24)/t13-,16-,17+/m1/s1. The summed E-state index contributed by atoms with van der Waals surface area (Å²) in [5.41, 5.74) is -0.0432. The zero-order valence-electron chi connectivity index (χ0n) is 14.9. The number of halogens is 1. The van der Waals surface area contributed by atoms with Crippen molar-refractivity contribution in [3.63, 3.8) is 0 Å². The van der Waals surface area contributed by atoms with Crippen molar-refractivity contribution in [2.45, 2.75) is 50.3 Å². The number of carbonyl (C=O) groups is 2. The van der Waals surface area contributed by atoms with Crippen molar-refractivity contribution in [1.82, 2.24) is 10.2 Å². The van der Waals surface area contributed by atoms with E-state index in [1.165, 1.54) is 13.0 Å². The van der Waals surface area contributed by atoms with E-state index in [0.29, 0.717) is 12.0 Å². The molecule has 2 aliphatic rings. The summed E-state index contributed by atoms with van der Waals surface area (Å²) in [5.74, 6) is -0.782. The number of hydrogen-bond donors (Lipinski definition) is 1. The Morgan fingerprint density at radius 1 is 1.28 bits per heavy atom. The summed E-state index contributed by atoms with van der Waals surface area (Å²) in [5, 5.41) is 3.06. The van der Waals surface area contributed by atoms with Crippen LogP contribution in [0.1, 0.15) is 38.2 Å². The lowest BCUT2D eigenvalue weighted by atomic mass is 9.99. The lowest BCUT2D eigenvalue weighted by Gasteiger charge is -2.30. The number of carbonyl (C=O) groups excluding carboxylic acids is 2. The van der Waals surface area contributed by atoms with Gasteiger partial charge < -0.3 is 15.0 Å². The number of nitrogens with one attached hydrogen (secondary N) is 1. The molecule has 2 amide bonds. The first-order chi connectivity index (χ1) is 11.9. The first-order valence-electron chi connectivity index (χ1n) is 8.73. The van der Waals surface area contributed by atoms with Gasteiger partial charge in [-0.05, 0) is 31.7 Å².